The summed E-state index contributed by atoms with van der Waals surface area (Å²) in [6, 6.07) is 11.7. The van der Waals surface area contributed by atoms with Crippen LogP contribution in [0.25, 0.3) is 0 Å². The fraction of sp³-hybridized carbons (Fsp3) is 0.400. The van der Waals surface area contributed by atoms with Crippen LogP contribution in [0.4, 0.5) is 0 Å². The third kappa shape index (κ3) is 6.19. The van der Waals surface area contributed by atoms with E-state index >= 15 is 0 Å². The maximum absolute atomic E-state index is 12.1. The summed E-state index contributed by atoms with van der Waals surface area (Å²) < 4.78 is 5.92. The number of pyridine rings is 1. The summed E-state index contributed by atoms with van der Waals surface area (Å²) in [5, 5.41) is 6.25. The molecule has 0 fully saturated rings. The lowest BCUT2D eigenvalue weighted by molar-refractivity contribution is -0.123. The maximum atomic E-state index is 12.1. The van der Waals surface area contributed by atoms with Gasteiger partial charge in [-0.2, -0.15) is 0 Å². The number of carbonyl (C=O) groups excluding carboxylic acids is 1. The van der Waals surface area contributed by atoms with E-state index in [9.17, 15) is 4.79 Å². The molecule has 0 saturated carbocycles. The van der Waals surface area contributed by atoms with Crippen LogP contribution >= 0.6 is 0 Å². The number of hydrogen-bond donors (Lipinski definition) is 2. The number of amides is 1. The zero-order valence-electron chi connectivity index (χ0n) is 15.2. The lowest BCUT2D eigenvalue weighted by Gasteiger charge is -2.18. The molecule has 2 unspecified atom stereocenters. The normalized spacial score (nSPS) is 13.1. The van der Waals surface area contributed by atoms with Crippen LogP contribution in [0.15, 0.2) is 48.8 Å². The molecule has 0 bridgehead atoms. The van der Waals surface area contributed by atoms with E-state index in [-0.39, 0.29) is 18.0 Å². The molecule has 1 heterocycles. The average Bonchev–Trinajstić information content (AvgIpc) is 2.65. The molecule has 2 N–H and O–H groups in total. The Hall–Kier alpha value is -2.40. The largest absolute Gasteiger partial charge is 0.489 e. The second-order valence-electron chi connectivity index (χ2n) is 6.18. The molecule has 5 heteroatoms. The van der Waals surface area contributed by atoms with E-state index in [1.54, 1.807) is 12.4 Å². The number of ether oxygens (including phenoxy) is 1. The molecule has 5 nitrogen and oxygen atoms in total. The quantitative estimate of drug-likeness (QED) is 0.736. The van der Waals surface area contributed by atoms with Gasteiger partial charge >= 0.3 is 0 Å². The standard InChI is InChI=1S/C20H27N3O2/c1-4-15(2)23-20(24)16(3)22-13-18-9-5-6-10-19(18)25-14-17-8-7-11-21-12-17/h5-12,15-16,22H,4,13-14H2,1-3H3,(H,23,24). The molecule has 0 aliphatic heterocycles. The van der Waals surface area contributed by atoms with Crippen LogP contribution in [0.3, 0.4) is 0 Å². The molecule has 1 aromatic carbocycles. The summed E-state index contributed by atoms with van der Waals surface area (Å²) in [5.74, 6) is 0.830. The van der Waals surface area contributed by atoms with Crippen LogP contribution in [0.1, 0.15) is 38.3 Å². The highest BCUT2D eigenvalue weighted by molar-refractivity contribution is 5.81. The molecular formula is C20H27N3O2. The smallest absolute Gasteiger partial charge is 0.237 e. The number of nitrogens with one attached hydrogen (secondary N) is 2. The SMILES string of the molecule is CCC(C)NC(=O)C(C)NCc1ccccc1OCc1cccnc1. The Morgan fingerprint density at radius 2 is 2.00 bits per heavy atom. The maximum Gasteiger partial charge on any atom is 0.237 e. The van der Waals surface area contributed by atoms with Crippen LogP contribution in [0.5, 0.6) is 5.75 Å². The van der Waals surface area contributed by atoms with Gasteiger partial charge in [0.15, 0.2) is 0 Å². The van der Waals surface area contributed by atoms with Crippen molar-refractivity contribution >= 4 is 5.91 Å². The fourth-order valence-electron chi connectivity index (χ4n) is 2.26. The van der Waals surface area contributed by atoms with Gasteiger partial charge in [0.25, 0.3) is 0 Å². The zero-order chi connectivity index (χ0) is 18.1. The van der Waals surface area contributed by atoms with Crippen molar-refractivity contribution in [3.63, 3.8) is 0 Å². The zero-order valence-corrected chi connectivity index (χ0v) is 15.2. The first-order chi connectivity index (χ1) is 12.1. The summed E-state index contributed by atoms with van der Waals surface area (Å²) in [4.78, 5) is 16.2. The second kappa shape index (κ2) is 9.79. The molecule has 134 valence electrons. The topological polar surface area (TPSA) is 63.2 Å². The van der Waals surface area contributed by atoms with Crippen LogP contribution in [-0.4, -0.2) is 23.0 Å². The molecule has 2 atom stereocenters. The number of carbonyl (C=O) groups is 1. The van der Waals surface area contributed by atoms with Gasteiger partial charge in [0.05, 0.1) is 6.04 Å². The number of para-hydroxylation sites is 1. The lowest BCUT2D eigenvalue weighted by Crippen LogP contribution is -2.45. The summed E-state index contributed by atoms with van der Waals surface area (Å²) in [7, 11) is 0. The molecule has 25 heavy (non-hydrogen) atoms. The minimum atomic E-state index is -0.264. The van der Waals surface area contributed by atoms with E-state index in [1.165, 1.54) is 0 Å². The minimum Gasteiger partial charge on any atom is -0.489 e. The fourth-order valence-corrected chi connectivity index (χ4v) is 2.26. The van der Waals surface area contributed by atoms with Gasteiger partial charge in [-0.3, -0.25) is 9.78 Å². The Bertz CT molecular complexity index is 661. The van der Waals surface area contributed by atoms with Crippen LogP contribution < -0.4 is 15.4 Å². The van der Waals surface area contributed by atoms with Gasteiger partial charge < -0.3 is 15.4 Å². The molecule has 1 amide bonds. The van der Waals surface area contributed by atoms with E-state index in [4.69, 9.17) is 4.74 Å². The van der Waals surface area contributed by atoms with E-state index in [1.807, 2.05) is 50.2 Å². The highest BCUT2D eigenvalue weighted by Gasteiger charge is 2.14. The third-order valence-electron chi connectivity index (χ3n) is 4.08. The van der Waals surface area contributed by atoms with E-state index in [2.05, 4.69) is 22.5 Å². The Morgan fingerprint density at radius 3 is 2.72 bits per heavy atom. The minimum absolute atomic E-state index is 0.0168. The molecule has 0 saturated heterocycles. The number of aromatic nitrogens is 1. The van der Waals surface area contributed by atoms with Gasteiger partial charge in [-0.1, -0.05) is 31.2 Å². The van der Waals surface area contributed by atoms with Crippen molar-refractivity contribution in [1.82, 2.24) is 15.6 Å². The predicted octanol–water partition coefficient (Wildman–Crippen LogP) is 3.05. The van der Waals surface area contributed by atoms with Gasteiger partial charge in [0.1, 0.15) is 12.4 Å². The van der Waals surface area contributed by atoms with Gasteiger partial charge in [-0.15, -0.1) is 0 Å². The first-order valence-electron chi connectivity index (χ1n) is 8.73. The third-order valence-corrected chi connectivity index (χ3v) is 4.08. The summed E-state index contributed by atoms with van der Waals surface area (Å²) in [5.41, 5.74) is 2.04. The number of rotatable bonds is 9. The van der Waals surface area contributed by atoms with Crippen molar-refractivity contribution < 1.29 is 9.53 Å². The monoisotopic (exact) mass is 341 g/mol. The number of benzene rings is 1. The van der Waals surface area contributed by atoms with Crippen LogP contribution in [0.2, 0.25) is 0 Å². The molecule has 1 aromatic heterocycles. The highest BCUT2D eigenvalue weighted by atomic mass is 16.5. The van der Waals surface area contributed by atoms with E-state index < -0.39 is 0 Å². The molecular weight excluding hydrogens is 314 g/mol. The molecule has 0 radical (unpaired) electrons. The van der Waals surface area contributed by atoms with Crippen molar-refractivity contribution in [3.05, 3.63) is 59.9 Å². The Morgan fingerprint density at radius 1 is 1.20 bits per heavy atom. The molecule has 2 rings (SSSR count). The van der Waals surface area contributed by atoms with Crippen molar-refractivity contribution in [1.29, 1.82) is 0 Å². The molecule has 0 aliphatic rings. The summed E-state index contributed by atoms with van der Waals surface area (Å²) in [6.45, 7) is 6.97. The van der Waals surface area contributed by atoms with Gasteiger partial charge in [-0.25, -0.2) is 0 Å². The van der Waals surface area contributed by atoms with Crippen molar-refractivity contribution in [2.45, 2.75) is 52.4 Å². The predicted molar refractivity (Wildman–Crippen MR) is 99.2 cm³/mol. The molecule has 2 aromatic rings. The number of nitrogens with zero attached hydrogens (tertiary/aromatic N) is 1. The average molecular weight is 341 g/mol. The first-order valence-corrected chi connectivity index (χ1v) is 8.73. The van der Waals surface area contributed by atoms with E-state index in [0.29, 0.717) is 13.2 Å². The Balaban J connectivity index is 1.90. The second-order valence-corrected chi connectivity index (χ2v) is 6.18. The van der Waals surface area contributed by atoms with Crippen LogP contribution in [0, 0.1) is 0 Å². The van der Waals surface area contributed by atoms with E-state index in [0.717, 1.165) is 23.3 Å². The van der Waals surface area contributed by atoms with Crippen molar-refractivity contribution in [2.75, 3.05) is 0 Å². The van der Waals surface area contributed by atoms with Gasteiger partial charge in [0.2, 0.25) is 5.91 Å². The first kappa shape index (κ1) is 18.9. The lowest BCUT2D eigenvalue weighted by atomic mass is 10.1. The highest BCUT2D eigenvalue weighted by Crippen LogP contribution is 2.19. The summed E-state index contributed by atoms with van der Waals surface area (Å²) >= 11 is 0. The molecule has 0 spiro atoms. The van der Waals surface area contributed by atoms with Crippen LogP contribution in [-0.2, 0) is 17.9 Å². The van der Waals surface area contributed by atoms with Gasteiger partial charge in [-0.05, 0) is 32.4 Å². The van der Waals surface area contributed by atoms with Crippen molar-refractivity contribution in [2.24, 2.45) is 0 Å². The van der Waals surface area contributed by atoms with Gasteiger partial charge in [0, 0.05) is 36.1 Å². The van der Waals surface area contributed by atoms with Crippen molar-refractivity contribution in [3.8, 4) is 5.75 Å². The summed E-state index contributed by atoms with van der Waals surface area (Å²) in [6.07, 6.45) is 4.46. The Labute approximate surface area is 149 Å². The number of hydrogen-bond acceptors (Lipinski definition) is 4. The molecule has 0 aliphatic carbocycles. The Kier molecular flexibility index (Phi) is 7.41.